The van der Waals surface area contributed by atoms with Gasteiger partial charge in [-0.3, -0.25) is 14.2 Å². The van der Waals surface area contributed by atoms with Gasteiger partial charge >= 0.3 is 0 Å². The van der Waals surface area contributed by atoms with Crippen molar-refractivity contribution in [3.05, 3.63) is 98.9 Å². The molecule has 0 radical (unpaired) electrons. The van der Waals surface area contributed by atoms with Crippen LogP contribution in [0.1, 0.15) is 32.9 Å². The van der Waals surface area contributed by atoms with Crippen molar-refractivity contribution in [2.24, 2.45) is 0 Å². The van der Waals surface area contributed by atoms with E-state index in [4.69, 9.17) is 23.2 Å². The first-order valence-electron chi connectivity index (χ1n) is 9.77. The molecule has 0 atom stereocenters. The molecule has 8 heteroatoms. The maximum absolute atomic E-state index is 12.8. The van der Waals surface area contributed by atoms with Crippen molar-refractivity contribution in [1.29, 1.82) is 0 Å². The molecule has 0 aliphatic carbocycles. The van der Waals surface area contributed by atoms with Crippen LogP contribution in [0, 0.1) is 13.8 Å². The van der Waals surface area contributed by atoms with Gasteiger partial charge in [-0.15, -0.1) is 0 Å². The first-order valence-corrected chi connectivity index (χ1v) is 10.5. The van der Waals surface area contributed by atoms with Crippen LogP contribution in [0.5, 0.6) is 0 Å². The summed E-state index contributed by atoms with van der Waals surface area (Å²) in [6.07, 6.45) is 1.67. The summed E-state index contributed by atoms with van der Waals surface area (Å²) in [7, 11) is 0. The second-order valence-corrected chi connectivity index (χ2v) is 8.17. The molecule has 0 saturated heterocycles. The number of halogens is 2. The molecule has 0 fully saturated rings. The summed E-state index contributed by atoms with van der Waals surface area (Å²) in [4.78, 5) is 12.8. The maximum Gasteiger partial charge on any atom is 0.256 e. The third kappa shape index (κ3) is 4.98. The van der Waals surface area contributed by atoms with Crippen LogP contribution in [0.15, 0.2) is 60.8 Å². The molecule has 1 amide bonds. The number of hydrogen-bond donors (Lipinski definition) is 1. The summed E-state index contributed by atoms with van der Waals surface area (Å²) in [5.41, 5.74) is 4.46. The van der Waals surface area contributed by atoms with E-state index in [9.17, 15) is 4.79 Å². The van der Waals surface area contributed by atoms with Crippen LogP contribution in [0.4, 0.5) is 5.82 Å². The van der Waals surface area contributed by atoms with Crippen molar-refractivity contribution in [2.75, 3.05) is 5.32 Å². The molecule has 2 aromatic carbocycles. The molecule has 0 aliphatic rings. The number of aromatic nitrogens is 4. The molecular weight excluding hydrogens is 433 g/mol. The van der Waals surface area contributed by atoms with Crippen molar-refractivity contribution in [3.63, 3.8) is 0 Å². The third-order valence-electron chi connectivity index (χ3n) is 4.86. The van der Waals surface area contributed by atoms with E-state index in [1.807, 2.05) is 67.1 Å². The Hall–Kier alpha value is -3.09. The molecule has 0 unspecified atom stereocenters. The molecule has 0 spiro atoms. The van der Waals surface area contributed by atoms with Crippen LogP contribution in [0.2, 0.25) is 10.0 Å². The van der Waals surface area contributed by atoms with Gasteiger partial charge in [0.25, 0.3) is 5.91 Å². The smallest absolute Gasteiger partial charge is 0.256 e. The molecule has 2 aromatic heterocycles. The van der Waals surface area contributed by atoms with E-state index in [1.165, 1.54) is 0 Å². The Morgan fingerprint density at radius 2 is 1.77 bits per heavy atom. The number of hydrogen-bond acceptors (Lipinski definition) is 3. The zero-order valence-corrected chi connectivity index (χ0v) is 18.7. The Morgan fingerprint density at radius 3 is 2.52 bits per heavy atom. The Bertz CT molecular complexity index is 1240. The number of rotatable bonds is 6. The monoisotopic (exact) mass is 453 g/mol. The molecule has 4 aromatic rings. The second kappa shape index (κ2) is 8.96. The molecule has 6 nitrogen and oxygen atoms in total. The van der Waals surface area contributed by atoms with E-state index in [1.54, 1.807) is 16.9 Å². The Morgan fingerprint density at radius 1 is 0.968 bits per heavy atom. The number of benzene rings is 2. The SMILES string of the molecule is Cc1cc(C)n(Cc2cccc(C(=O)Nc3nn(Cc4ccccc4Cl)cc3Cl)c2)n1. The van der Waals surface area contributed by atoms with E-state index in [0.29, 0.717) is 34.5 Å². The van der Waals surface area contributed by atoms with Crippen LogP contribution >= 0.6 is 23.2 Å². The van der Waals surface area contributed by atoms with Crippen LogP contribution in [-0.2, 0) is 13.1 Å². The zero-order valence-electron chi connectivity index (χ0n) is 17.1. The lowest BCUT2D eigenvalue weighted by Crippen LogP contribution is -2.14. The van der Waals surface area contributed by atoms with Crippen LogP contribution in [0.3, 0.4) is 0 Å². The number of nitrogens with zero attached hydrogens (tertiary/aromatic N) is 4. The number of aryl methyl sites for hydroxylation is 2. The summed E-state index contributed by atoms with van der Waals surface area (Å²) < 4.78 is 3.57. The fourth-order valence-electron chi connectivity index (χ4n) is 3.36. The normalized spacial score (nSPS) is 11.0. The van der Waals surface area contributed by atoms with Crippen molar-refractivity contribution in [1.82, 2.24) is 19.6 Å². The van der Waals surface area contributed by atoms with Gasteiger partial charge in [-0.1, -0.05) is 53.5 Å². The lowest BCUT2D eigenvalue weighted by atomic mass is 10.1. The number of carbonyl (C=O) groups excluding carboxylic acids is 1. The fourth-order valence-corrected chi connectivity index (χ4v) is 3.76. The standard InChI is InChI=1S/C23H21Cl2N5O/c1-15-10-16(2)30(27-15)12-17-6-5-8-18(11-17)23(31)26-22-21(25)14-29(28-22)13-19-7-3-4-9-20(19)24/h3-11,14H,12-13H2,1-2H3,(H,26,28,31). The van der Waals surface area contributed by atoms with Crippen LogP contribution < -0.4 is 5.32 Å². The summed E-state index contributed by atoms with van der Waals surface area (Å²) in [6.45, 7) is 5.01. The minimum atomic E-state index is -0.278. The lowest BCUT2D eigenvalue weighted by molar-refractivity contribution is 0.102. The number of carbonyl (C=O) groups is 1. The summed E-state index contributed by atoms with van der Waals surface area (Å²) in [6, 6.07) is 17.0. The van der Waals surface area contributed by atoms with Crippen molar-refractivity contribution >= 4 is 34.9 Å². The van der Waals surface area contributed by atoms with Crippen molar-refractivity contribution in [2.45, 2.75) is 26.9 Å². The molecule has 0 bridgehead atoms. The predicted molar refractivity (Wildman–Crippen MR) is 123 cm³/mol. The van der Waals surface area contributed by atoms with Gasteiger partial charge in [-0.25, -0.2) is 0 Å². The van der Waals surface area contributed by atoms with E-state index in [2.05, 4.69) is 15.5 Å². The van der Waals surface area contributed by atoms with E-state index >= 15 is 0 Å². The van der Waals surface area contributed by atoms with Crippen LogP contribution in [-0.4, -0.2) is 25.5 Å². The summed E-state index contributed by atoms with van der Waals surface area (Å²) in [5, 5.41) is 12.7. The van der Waals surface area contributed by atoms with E-state index < -0.39 is 0 Å². The molecule has 0 aliphatic heterocycles. The zero-order chi connectivity index (χ0) is 22.0. The van der Waals surface area contributed by atoms with Crippen molar-refractivity contribution < 1.29 is 4.79 Å². The van der Waals surface area contributed by atoms with E-state index in [0.717, 1.165) is 22.5 Å². The van der Waals surface area contributed by atoms with Gasteiger partial charge in [0.1, 0.15) is 5.02 Å². The summed E-state index contributed by atoms with van der Waals surface area (Å²) in [5.74, 6) is 0.0304. The Kier molecular flexibility index (Phi) is 6.11. The molecular formula is C23H21Cl2N5O. The third-order valence-corrected chi connectivity index (χ3v) is 5.51. The quantitative estimate of drug-likeness (QED) is 0.427. The van der Waals surface area contributed by atoms with Gasteiger partial charge < -0.3 is 5.32 Å². The predicted octanol–water partition coefficient (Wildman–Crippen LogP) is 5.35. The highest BCUT2D eigenvalue weighted by Crippen LogP contribution is 2.23. The van der Waals surface area contributed by atoms with Gasteiger partial charge in [-0.2, -0.15) is 10.2 Å². The summed E-state index contributed by atoms with van der Waals surface area (Å²) >= 11 is 12.5. The minimum absolute atomic E-state index is 0.278. The molecule has 158 valence electrons. The molecule has 0 saturated carbocycles. The van der Waals surface area contributed by atoms with Gasteiger partial charge in [0, 0.05) is 22.5 Å². The van der Waals surface area contributed by atoms with E-state index in [-0.39, 0.29) is 5.91 Å². The van der Waals surface area contributed by atoms with Crippen molar-refractivity contribution in [3.8, 4) is 0 Å². The molecule has 2 heterocycles. The van der Waals surface area contributed by atoms with Crippen LogP contribution in [0.25, 0.3) is 0 Å². The number of amides is 1. The maximum atomic E-state index is 12.8. The van der Waals surface area contributed by atoms with Gasteiger partial charge in [0.2, 0.25) is 0 Å². The average molecular weight is 454 g/mol. The highest BCUT2D eigenvalue weighted by molar-refractivity contribution is 6.33. The number of anilines is 1. The lowest BCUT2D eigenvalue weighted by Gasteiger charge is -2.08. The first-order chi connectivity index (χ1) is 14.9. The molecule has 1 N–H and O–H groups in total. The molecule has 4 rings (SSSR count). The molecule has 31 heavy (non-hydrogen) atoms. The minimum Gasteiger partial charge on any atom is -0.304 e. The topological polar surface area (TPSA) is 64.7 Å². The van der Waals surface area contributed by atoms with Gasteiger partial charge in [0.05, 0.1) is 18.8 Å². The fraction of sp³-hybridized carbons (Fsp3) is 0.174. The van der Waals surface area contributed by atoms with Gasteiger partial charge in [-0.05, 0) is 49.2 Å². The largest absolute Gasteiger partial charge is 0.304 e. The number of nitrogens with one attached hydrogen (secondary N) is 1. The van der Waals surface area contributed by atoms with Gasteiger partial charge in [0.15, 0.2) is 5.82 Å². The second-order valence-electron chi connectivity index (χ2n) is 7.35. The Labute approximate surface area is 190 Å². The first kappa shape index (κ1) is 21.2. The highest BCUT2D eigenvalue weighted by Gasteiger charge is 2.14. The average Bonchev–Trinajstić information content (AvgIpc) is 3.24. The Balaban J connectivity index is 1.48. The highest BCUT2D eigenvalue weighted by atomic mass is 35.5.